The number of benzene rings is 1. The number of hydrogen-bond donors (Lipinski definition) is 1. The summed E-state index contributed by atoms with van der Waals surface area (Å²) in [5.41, 5.74) is 0.699. The van der Waals surface area contributed by atoms with Gasteiger partial charge in [-0.2, -0.15) is 0 Å². The minimum absolute atomic E-state index is 0.00912. The molecule has 34 heavy (non-hydrogen) atoms. The monoisotopic (exact) mass is 471 g/mol. The van der Waals surface area contributed by atoms with E-state index < -0.39 is 23.7 Å². The van der Waals surface area contributed by atoms with Gasteiger partial charge in [-0.05, 0) is 25.0 Å². The number of hydrogen-bond acceptors (Lipinski definition) is 4. The third-order valence-electron chi connectivity index (χ3n) is 6.71. The number of unbranched alkanes of at least 4 members (excludes halogenated alkanes) is 11. The number of imide groups is 1. The highest BCUT2D eigenvalue weighted by molar-refractivity contribution is 6.21. The van der Waals surface area contributed by atoms with Gasteiger partial charge in [-0.15, -0.1) is 0 Å². The molecular weight excluding hydrogens is 430 g/mol. The Hall–Kier alpha value is -2.50. The summed E-state index contributed by atoms with van der Waals surface area (Å²) in [6.07, 6.45) is 15.1. The van der Waals surface area contributed by atoms with E-state index in [-0.39, 0.29) is 25.2 Å². The third-order valence-corrected chi connectivity index (χ3v) is 6.71. The molecule has 188 valence electrons. The highest BCUT2D eigenvalue weighted by atomic mass is 16.4. The van der Waals surface area contributed by atoms with Gasteiger partial charge in [0, 0.05) is 19.4 Å². The number of carbonyl (C=O) groups is 4. The van der Waals surface area contributed by atoms with Gasteiger partial charge < -0.3 is 5.11 Å². The topological polar surface area (TPSA) is 91.8 Å². The summed E-state index contributed by atoms with van der Waals surface area (Å²) < 4.78 is 0. The van der Waals surface area contributed by atoms with Crippen molar-refractivity contribution in [1.82, 2.24) is 4.90 Å². The number of aliphatic carboxylic acids is 1. The van der Waals surface area contributed by atoms with Crippen molar-refractivity contribution < 1.29 is 24.3 Å². The maximum Gasteiger partial charge on any atom is 0.307 e. The largest absolute Gasteiger partial charge is 0.481 e. The van der Waals surface area contributed by atoms with E-state index in [0.29, 0.717) is 17.5 Å². The van der Waals surface area contributed by atoms with Gasteiger partial charge in [0.15, 0.2) is 0 Å². The molecule has 2 amide bonds. The molecular formula is C28H41NO5. The molecule has 1 atom stereocenters. The Labute approximate surface area is 204 Å². The molecule has 1 aromatic carbocycles. The molecule has 0 bridgehead atoms. The van der Waals surface area contributed by atoms with Crippen LogP contribution < -0.4 is 0 Å². The Bertz CT molecular complexity index is 784. The van der Waals surface area contributed by atoms with Gasteiger partial charge in [-0.3, -0.25) is 24.1 Å². The van der Waals surface area contributed by atoms with Crippen molar-refractivity contribution in [2.24, 2.45) is 5.92 Å². The van der Waals surface area contributed by atoms with E-state index in [1.54, 1.807) is 24.3 Å². The zero-order chi connectivity index (χ0) is 24.8. The lowest BCUT2D eigenvalue weighted by Gasteiger charge is -2.17. The van der Waals surface area contributed by atoms with Gasteiger partial charge in [0.1, 0.15) is 5.78 Å². The molecule has 0 fully saturated rings. The standard InChI is InChI=1S/C28H41NO5/c1-2-3-4-5-6-7-8-9-10-11-12-13-16-23(30)21-22(28(33)34)19-20-29-26(31)24-17-14-15-18-25(24)27(29)32/h14-15,17-18,22H,2-13,16,19-21H2,1H3,(H,33,34). The fourth-order valence-electron chi connectivity index (χ4n) is 4.58. The van der Waals surface area contributed by atoms with Crippen LogP contribution in [0.5, 0.6) is 0 Å². The van der Waals surface area contributed by atoms with Gasteiger partial charge in [-0.1, -0.05) is 89.7 Å². The van der Waals surface area contributed by atoms with Crippen LogP contribution in [0.4, 0.5) is 0 Å². The number of carboxylic acid groups (broad SMARTS) is 1. The fourth-order valence-corrected chi connectivity index (χ4v) is 4.58. The molecule has 6 nitrogen and oxygen atoms in total. The van der Waals surface area contributed by atoms with Gasteiger partial charge in [0.25, 0.3) is 11.8 Å². The van der Waals surface area contributed by atoms with Gasteiger partial charge in [0.05, 0.1) is 17.0 Å². The SMILES string of the molecule is CCCCCCCCCCCCCCC(=O)CC(CCN1C(=O)c2ccccc2C1=O)C(=O)O. The Kier molecular flexibility index (Phi) is 12.6. The second-order valence-electron chi connectivity index (χ2n) is 9.51. The van der Waals surface area contributed by atoms with Crippen LogP contribution in [0.25, 0.3) is 0 Å². The number of fused-ring (bicyclic) bond motifs is 1. The van der Waals surface area contributed by atoms with E-state index in [1.165, 1.54) is 57.8 Å². The Morgan fingerprint density at radius 3 is 1.74 bits per heavy atom. The summed E-state index contributed by atoms with van der Waals surface area (Å²) >= 11 is 0. The van der Waals surface area contributed by atoms with Gasteiger partial charge in [0.2, 0.25) is 0 Å². The van der Waals surface area contributed by atoms with E-state index in [0.717, 1.165) is 24.2 Å². The van der Waals surface area contributed by atoms with Crippen molar-refractivity contribution >= 4 is 23.6 Å². The minimum Gasteiger partial charge on any atom is -0.481 e. The van der Waals surface area contributed by atoms with Crippen LogP contribution in [0.15, 0.2) is 24.3 Å². The molecule has 0 saturated heterocycles. The number of rotatable bonds is 19. The van der Waals surface area contributed by atoms with E-state index in [1.807, 2.05) is 0 Å². The van der Waals surface area contributed by atoms with Crippen molar-refractivity contribution in [3.63, 3.8) is 0 Å². The molecule has 1 unspecified atom stereocenters. The summed E-state index contributed by atoms with van der Waals surface area (Å²) in [4.78, 5) is 50.0. The third kappa shape index (κ3) is 9.03. The van der Waals surface area contributed by atoms with Crippen LogP contribution in [-0.4, -0.2) is 40.1 Å². The Balaban J connectivity index is 1.59. The molecule has 6 heteroatoms. The molecule has 0 radical (unpaired) electrons. The highest BCUT2D eigenvalue weighted by Gasteiger charge is 2.35. The number of amides is 2. The number of nitrogens with zero attached hydrogens (tertiary/aromatic N) is 1. The smallest absolute Gasteiger partial charge is 0.307 e. The van der Waals surface area contributed by atoms with Crippen molar-refractivity contribution in [2.75, 3.05) is 6.54 Å². The normalized spacial score (nSPS) is 13.9. The van der Waals surface area contributed by atoms with Gasteiger partial charge >= 0.3 is 5.97 Å². The summed E-state index contributed by atoms with van der Waals surface area (Å²) in [6.45, 7) is 2.24. The average Bonchev–Trinajstić information content (AvgIpc) is 3.07. The molecule has 1 aromatic rings. The van der Waals surface area contributed by atoms with E-state index in [4.69, 9.17) is 0 Å². The maximum atomic E-state index is 12.4. The molecule has 0 aliphatic carbocycles. The van der Waals surface area contributed by atoms with Crippen LogP contribution in [0, 0.1) is 5.92 Å². The van der Waals surface area contributed by atoms with Crippen LogP contribution in [0.3, 0.4) is 0 Å². The lowest BCUT2D eigenvalue weighted by atomic mass is 9.95. The summed E-state index contributed by atoms with van der Waals surface area (Å²) in [7, 11) is 0. The molecule has 1 heterocycles. The van der Waals surface area contributed by atoms with Gasteiger partial charge in [-0.25, -0.2) is 0 Å². The molecule has 1 aliphatic heterocycles. The van der Waals surface area contributed by atoms with Crippen LogP contribution >= 0.6 is 0 Å². The molecule has 0 spiro atoms. The molecule has 1 N–H and O–H groups in total. The quantitative estimate of drug-likeness (QED) is 0.186. The predicted molar refractivity (Wildman–Crippen MR) is 133 cm³/mol. The Morgan fingerprint density at radius 1 is 0.794 bits per heavy atom. The summed E-state index contributed by atoms with van der Waals surface area (Å²) in [5, 5.41) is 9.53. The van der Waals surface area contributed by atoms with E-state index in [9.17, 15) is 24.3 Å². The fraction of sp³-hybridized carbons (Fsp3) is 0.643. The first-order chi connectivity index (χ1) is 16.5. The predicted octanol–water partition coefficient (Wildman–Crippen LogP) is 6.42. The number of Topliss-reactive ketones (excluding diaryl/α,β-unsaturated/α-hetero) is 1. The highest BCUT2D eigenvalue weighted by Crippen LogP contribution is 2.24. The zero-order valence-electron chi connectivity index (χ0n) is 20.7. The molecule has 2 rings (SSSR count). The molecule has 0 aromatic heterocycles. The summed E-state index contributed by atoms with van der Waals surface area (Å²) in [6, 6.07) is 6.59. The molecule has 1 aliphatic rings. The lowest BCUT2D eigenvalue weighted by molar-refractivity contribution is -0.144. The van der Waals surface area contributed by atoms with Crippen molar-refractivity contribution in [3.05, 3.63) is 35.4 Å². The van der Waals surface area contributed by atoms with Crippen LogP contribution in [0.1, 0.15) is 124 Å². The van der Waals surface area contributed by atoms with Crippen molar-refractivity contribution in [1.29, 1.82) is 0 Å². The number of ketones is 1. The van der Waals surface area contributed by atoms with E-state index in [2.05, 4.69) is 6.92 Å². The second kappa shape index (κ2) is 15.4. The second-order valence-corrected chi connectivity index (χ2v) is 9.51. The first-order valence-electron chi connectivity index (χ1n) is 13.2. The number of carboxylic acids is 1. The molecule has 0 saturated carbocycles. The van der Waals surface area contributed by atoms with Crippen molar-refractivity contribution in [3.8, 4) is 0 Å². The first kappa shape index (κ1) is 27.7. The average molecular weight is 472 g/mol. The Morgan fingerprint density at radius 2 is 1.26 bits per heavy atom. The van der Waals surface area contributed by atoms with E-state index >= 15 is 0 Å². The summed E-state index contributed by atoms with van der Waals surface area (Å²) in [5.74, 6) is -2.78. The zero-order valence-corrected chi connectivity index (χ0v) is 20.7. The van der Waals surface area contributed by atoms with Crippen LogP contribution in [-0.2, 0) is 9.59 Å². The first-order valence-corrected chi connectivity index (χ1v) is 13.2. The van der Waals surface area contributed by atoms with Crippen molar-refractivity contribution in [2.45, 2.75) is 103 Å². The lowest BCUT2D eigenvalue weighted by Crippen LogP contribution is -2.33. The minimum atomic E-state index is -1.06. The number of carbonyl (C=O) groups excluding carboxylic acids is 3. The maximum absolute atomic E-state index is 12.4. The van der Waals surface area contributed by atoms with Crippen LogP contribution in [0.2, 0.25) is 0 Å².